The predicted molar refractivity (Wildman–Crippen MR) is 161 cm³/mol. The number of nitrogen functional groups attached to an aromatic ring is 1. The number of hydrogen-bond donors (Lipinski definition) is 2. The van der Waals surface area contributed by atoms with E-state index in [-0.39, 0.29) is 35.1 Å². The number of furan rings is 1. The summed E-state index contributed by atoms with van der Waals surface area (Å²) >= 11 is 0. The van der Waals surface area contributed by atoms with Crippen LogP contribution in [0.2, 0.25) is 0 Å². The number of sulfonamides is 1. The zero-order valence-corrected chi connectivity index (χ0v) is 24.1. The number of rotatable bonds is 5. The van der Waals surface area contributed by atoms with Crippen LogP contribution < -0.4 is 20.3 Å². The van der Waals surface area contributed by atoms with E-state index in [0.717, 1.165) is 10.6 Å². The van der Waals surface area contributed by atoms with Crippen molar-refractivity contribution in [3.05, 3.63) is 90.0 Å². The van der Waals surface area contributed by atoms with Gasteiger partial charge in [-0.25, -0.2) is 28.0 Å². The molecule has 44 heavy (non-hydrogen) atoms. The van der Waals surface area contributed by atoms with Crippen LogP contribution in [-0.2, 0) is 16.8 Å². The van der Waals surface area contributed by atoms with E-state index >= 15 is 0 Å². The Labute approximate surface area is 249 Å². The molecule has 0 aliphatic carbocycles. The molecule has 0 atom stereocenters. The molecule has 0 fully saturated rings. The smallest absolute Gasteiger partial charge is 0.269 e. The average molecular weight is 616 g/mol. The minimum atomic E-state index is -3.77. The third-order valence-corrected chi connectivity index (χ3v) is 8.92. The van der Waals surface area contributed by atoms with Crippen LogP contribution in [0.1, 0.15) is 10.4 Å². The van der Waals surface area contributed by atoms with Gasteiger partial charge >= 0.3 is 0 Å². The monoisotopic (exact) mass is 615 g/mol. The number of anilines is 1. The molecular weight excluding hydrogens is 592 g/mol. The molecule has 0 bridgehead atoms. The van der Waals surface area contributed by atoms with Crippen LogP contribution in [0.4, 0.5) is 14.5 Å². The van der Waals surface area contributed by atoms with Crippen molar-refractivity contribution in [2.75, 3.05) is 17.6 Å². The van der Waals surface area contributed by atoms with Gasteiger partial charge in [-0.05, 0) is 60.7 Å². The fraction of sp³-hybridized carbons (Fsp3) is 0.0968. The van der Waals surface area contributed by atoms with Crippen molar-refractivity contribution < 1.29 is 31.1 Å². The van der Waals surface area contributed by atoms with Gasteiger partial charge in [-0.15, -0.1) is 0 Å². The molecule has 3 N–H and O–H groups in total. The quantitative estimate of drug-likeness (QED) is 0.151. The highest BCUT2D eigenvalue weighted by molar-refractivity contribution is 7.92. The second-order valence-electron chi connectivity index (χ2n) is 10.3. The highest BCUT2D eigenvalue weighted by Gasteiger charge is 2.28. The van der Waals surface area contributed by atoms with Gasteiger partial charge in [0.2, 0.25) is 10.0 Å². The summed E-state index contributed by atoms with van der Waals surface area (Å²) in [5.41, 5.74) is 5.40. The molecule has 1 amide bonds. The number of hydrogen-bond acceptors (Lipinski definition) is 7. The molecule has 3 aromatic carbocycles. The normalized spacial score (nSPS) is 12.6. The van der Waals surface area contributed by atoms with Gasteiger partial charge in [-0.2, -0.15) is 0 Å². The maximum Gasteiger partial charge on any atom is 0.269 e. The number of nitrogens with one attached hydrogen (secondary N) is 1. The number of hydrazine groups is 1. The lowest BCUT2D eigenvalue weighted by Crippen LogP contribution is -2.30. The minimum absolute atomic E-state index is 0.0702. The van der Waals surface area contributed by atoms with Crippen LogP contribution in [-0.4, -0.2) is 37.2 Å². The number of carbonyl (C=O) groups excluding carboxylic acids is 1. The summed E-state index contributed by atoms with van der Waals surface area (Å²) in [7, 11) is -2.38. The molecule has 3 aromatic heterocycles. The van der Waals surface area contributed by atoms with Crippen LogP contribution in [0.5, 0.6) is 5.75 Å². The molecule has 1 aliphatic rings. The lowest BCUT2D eigenvalue weighted by atomic mass is 10.0. The van der Waals surface area contributed by atoms with Crippen molar-refractivity contribution in [3.63, 3.8) is 0 Å². The number of benzene rings is 3. The Balaban J connectivity index is 1.50. The topological polar surface area (TPSA) is 133 Å². The lowest BCUT2D eigenvalue weighted by molar-refractivity contribution is 0.0955. The molecule has 6 aromatic rings. The molecule has 0 saturated carbocycles. The molecule has 10 nitrogen and oxygen atoms in total. The van der Waals surface area contributed by atoms with Crippen LogP contribution >= 0.6 is 0 Å². The van der Waals surface area contributed by atoms with Gasteiger partial charge in [0.15, 0.2) is 6.73 Å². The highest BCUT2D eigenvalue weighted by atomic mass is 32.2. The molecule has 1 aliphatic heterocycles. The summed E-state index contributed by atoms with van der Waals surface area (Å²) in [5, 5.41) is 0.731. The van der Waals surface area contributed by atoms with E-state index in [1.807, 2.05) is 0 Å². The first kappa shape index (κ1) is 27.6. The number of amides is 1. The fourth-order valence-electron chi connectivity index (χ4n) is 5.49. The molecule has 0 spiro atoms. The van der Waals surface area contributed by atoms with Gasteiger partial charge in [0.05, 0.1) is 34.4 Å². The van der Waals surface area contributed by atoms with Crippen molar-refractivity contribution in [1.82, 2.24) is 15.0 Å². The van der Waals surface area contributed by atoms with E-state index in [2.05, 4.69) is 5.43 Å². The largest absolute Gasteiger partial charge is 0.470 e. The molecule has 7 rings (SSSR count). The summed E-state index contributed by atoms with van der Waals surface area (Å²) in [5.74, 6) is 4.59. The standard InChI is InChI=1S/C31H23F2N5O5S/c1-37(44(2,40)41)24-14-27-20(28(31(39)36-34)30(43-27)16-6-8-17(32)9-7-16)12-19(24)22-10-11-26-29(35-22)25-13-18-21(33)4-3-5-23(18)38(25)15-42-26/h3-14H,15,34H2,1-2H3,(H,36,39). The van der Waals surface area contributed by atoms with E-state index < -0.39 is 21.7 Å². The van der Waals surface area contributed by atoms with Crippen molar-refractivity contribution >= 4 is 43.5 Å². The second-order valence-corrected chi connectivity index (χ2v) is 12.3. The van der Waals surface area contributed by atoms with Gasteiger partial charge in [-0.1, -0.05) is 6.07 Å². The van der Waals surface area contributed by atoms with Crippen molar-refractivity contribution in [2.24, 2.45) is 5.84 Å². The number of nitrogens with two attached hydrogens (primary N) is 1. The Morgan fingerprint density at radius 3 is 2.55 bits per heavy atom. The van der Waals surface area contributed by atoms with E-state index in [1.54, 1.807) is 41.0 Å². The second kappa shape index (κ2) is 9.89. The number of pyridine rings is 1. The van der Waals surface area contributed by atoms with E-state index in [1.165, 1.54) is 43.4 Å². The zero-order valence-electron chi connectivity index (χ0n) is 23.3. The maximum absolute atomic E-state index is 14.7. The van der Waals surface area contributed by atoms with Crippen molar-refractivity contribution in [1.29, 1.82) is 0 Å². The molecule has 0 radical (unpaired) electrons. The van der Waals surface area contributed by atoms with Gasteiger partial charge in [-0.3, -0.25) is 14.5 Å². The van der Waals surface area contributed by atoms with Crippen molar-refractivity contribution in [2.45, 2.75) is 6.73 Å². The van der Waals surface area contributed by atoms with Gasteiger partial charge in [0.25, 0.3) is 5.91 Å². The summed E-state index contributed by atoms with van der Waals surface area (Å²) in [6.45, 7) is 0.156. The Hall–Kier alpha value is -5.27. The Morgan fingerprint density at radius 1 is 1.05 bits per heavy atom. The lowest BCUT2D eigenvalue weighted by Gasteiger charge is -2.23. The van der Waals surface area contributed by atoms with Crippen LogP contribution in [0.3, 0.4) is 0 Å². The van der Waals surface area contributed by atoms with Crippen LogP contribution in [0.15, 0.2) is 77.2 Å². The Bertz CT molecular complexity index is 2260. The molecule has 222 valence electrons. The summed E-state index contributed by atoms with van der Waals surface area (Å²) in [6, 6.07) is 18.3. The molecule has 0 saturated heterocycles. The first-order chi connectivity index (χ1) is 21.0. The maximum atomic E-state index is 14.7. The van der Waals surface area contributed by atoms with E-state index in [9.17, 15) is 22.0 Å². The predicted octanol–water partition coefficient (Wildman–Crippen LogP) is 5.41. The first-order valence-electron chi connectivity index (χ1n) is 13.3. The molecule has 4 heterocycles. The highest BCUT2D eigenvalue weighted by Crippen LogP contribution is 2.43. The van der Waals surface area contributed by atoms with Crippen LogP contribution in [0.25, 0.3) is 55.8 Å². The third kappa shape index (κ3) is 4.28. The third-order valence-electron chi connectivity index (χ3n) is 7.73. The minimum Gasteiger partial charge on any atom is -0.470 e. The number of nitrogens with zero attached hydrogens (tertiary/aromatic N) is 3. The fourth-order valence-corrected chi connectivity index (χ4v) is 6.00. The molecular formula is C31H23F2N5O5S. The molecule has 13 heteroatoms. The average Bonchev–Trinajstić information content (AvgIpc) is 3.59. The van der Waals surface area contributed by atoms with Crippen LogP contribution in [0, 0.1) is 11.6 Å². The number of halogens is 2. The van der Waals surface area contributed by atoms with E-state index in [4.69, 9.17) is 20.0 Å². The number of aromatic nitrogens is 2. The van der Waals surface area contributed by atoms with Crippen molar-refractivity contribution in [3.8, 4) is 39.7 Å². The van der Waals surface area contributed by atoms with Gasteiger partial charge in [0.1, 0.15) is 34.4 Å². The summed E-state index contributed by atoms with van der Waals surface area (Å²) in [4.78, 5) is 17.9. The summed E-state index contributed by atoms with van der Waals surface area (Å²) < 4.78 is 68.8. The first-order valence-corrected chi connectivity index (χ1v) is 15.1. The zero-order chi connectivity index (χ0) is 30.9. The summed E-state index contributed by atoms with van der Waals surface area (Å²) in [6.07, 6.45) is 1.06. The SMILES string of the molecule is CN(c1cc2oc(-c3ccc(F)cc3)c(C(=O)NN)c2cc1-c1ccc2c(n1)-c1cc3c(F)cccc3n1CO2)S(C)(=O)=O. The number of carbonyl (C=O) groups is 1. The van der Waals surface area contributed by atoms with E-state index in [0.29, 0.717) is 50.2 Å². The van der Waals surface area contributed by atoms with Gasteiger partial charge < -0.3 is 13.7 Å². The Kier molecular flexibility index (Phi) is 6.20. The van der Waals surface area contributed by atoms with Gasteiger partial charge in [0, 0.05) is 35.0 Å². The number of ether oxygens (including phenoxy) is 1. The Morgan fingerprint density at radius 2 is 1.82 bits per heavy atom. The number of fused-ring (bicyclic) bond motifs is 6. The molecule has 0 unspecified atom stereocenters.